The average Bonchev–Trinajstić information content (AvgIpc) is 3.12. The smallest absolute Gasteiger partial charge is 0.241 e. The monoisotopic (exact) mass is 267 g/mol. The van der Waals surface area contributed by atoms with E-state index in [1.54, 1.807) is 6.20 Å². The number of aromatic nitrogens is 3. The van der Waals surface area contributed by atoms with Gasteiger partial charge in [-0.1, -0.05) is 5.21 Å². The molecule has 1 aromatic heterocycles. The molecule has 7 nitrogen and oxygen atoms in total. The summed E-state index contributed by atoms with van der Waals surface area (Å²) in [6.45, 7) is 2.71. The molecule has 0 aromatic carbocycles. The Hall–Kier alpha value is -1.47. The zero-order valence-electron chi connectivity index (χ0n) is 11.0. The highest BCUT2D eigenvalue weighted by Crippen LogP contribution is 2.28. The lowest BCUT2D eigenvalue weighted by Gasteiger charge is -2.05. The predicted molar refractivity (Wildman–Crippen MR) is 69.1 cm³/mol. The van der Waals surface area contributed by atoms with Crippen molar-refractivity contribution in [3.8, 4) is 0 Å². The minimum absolute atomic E-state index is 0.0735. The molecular formula is C12H21N5O2. The van der Waals surface area contributed by atoms with Gasteiger partial charge in [0.05, 0.1) is 11.9 Å². The van der Waals surface area contributed by atoms with Crippen LogP contribution < -0.4 is 11.1 Å². The highest BCUT2D eigenvalue weighted by molar-refractivity contribution is 5.75. The zero-order chi connectivity index (χ0) is 13.5. The molecule has 0 saturated heterocycles. The van der Waals surface area contributed by atoms with E-state index in [4.69, 9.17) is 10.5 Å². The minimum atomic E-state index is -0.0735. The van der Waals surface area contributed by atoms with Crippen LogP contribution in [0.4, 0.5) is 0 Å². The maximum absolute atomic E-state index is 11.6. The van der Waals surface area contributed by atoms with Crippen LogP contribution in [0, 0.1) is 5.92 Å². The lowest BCUT2D eigenvalue weighted by atomic mass is 10.4. The van der Waals surface area contributed by atoms with Crippen LogP contribution in [0.25, 0.3) is 0 Å². The van der Waals surface area contributed by atoms with Gasteiger partial charge < -0.3 is 15.8 Å². The average molecular weight is 267 g/mol. The molecule has 1 fully saturated rings. The van der Waals surface area contributed by atoms with Crippen molar-refractivity contribution in [2.75, 3.05) is 19.8 Å². The first-order valence-corrected chi connectivity index (χ1v) is 6.71. The third-order valence-electron chi connectivity index (χ3n) is 2.94. The van der Waals surface area contributed by atoms with Gasteiger partial charge in [-0.2, -0.15) is 0 Å². The molecule has 0 radical (unpaired) electrons. The molecule has 106 valence electrons. The van der Waals surface area contributed by atoms with Gasteiger partial charge >= 0.3 is 0 Å². The molecule has 1 saturated carbocycles. The third-order valence-corrected chi connectivity index (χ3v) is 2.94. The van der Waals surface area contributed by atoms with E-state index in [9.17, 15) is 4.79 Å². The van der Waals surface area contributed by atoms with Gasteiger partial charge in [0, 0.05) is 26.3 Å². The molecule has 3 N–H and O–H groups in total. The molecule has 7 heteroatoms. The zero-order valence-corrected chi connectivity index (χ0v) is 11.0. The summed E-state index contributed by atoms with van der Waals surface area (Å²) in [5, 5.41) is 10.5. The number of nitrogens with two attached hydrogens (primary N) is 1. The van der Waals surface area contributed by atoms with Crippen molar-refractivity contribution in [2.45, 2.75) is 32.4 Å². The van der Waals surface area contributed by atoms with Crippen LogP contribution in [0.2, 0.25) is 0 Å². The molecule has 0 spiro atoms. The number of nitrogens with one attached hydrogen (secondary N) is 1. The van der Waals surface area contributed by atoms with E-state index >= 15 is 0 Å². The van der Waals surface area contributed by atoms with Gasteiger partial charge in [0.15, 0.2) is 0 Å². The van der Waals surface area contributed by atoms with Crippen molar-refractivity contribution in [1.29, 1.82) is 0 Å². The van der Waals surface area contributed by atoms with Crippen LogP contribution in [-0.4, -0.2) is 40.7 Å². The Morgan fingerprint density at radius 3 is 3.11 bits per heavy atom. The Labute approximate surface area is 112 Å². The lowest BCUT2D eigenvalue weighted by molar-refractivity contribution is -0.121. The molecule has 1 aliphatic carbocycles. The van der Waals surface area contributed by atoms with E-state index in [-0.39, 0.29) is 12.5 Å². The van der Waals surface area contributed by atoms with Gasteiger partial charge in [-0.3, -0.25) is 4.79 Å². The third kappa shape index (κ3) is 5.35. The molecule has 0 atom stereocenters. The number of amides is 1. The molecule has 0 unspecified atom stereocenters. The van der Waals surface area contributed by atoms with Crippen molar-refractivity contribution in [2.24, 2.45) is 11.7 Å². The van der Waals surface area contributed by atoms with E-state index < -0.39 is 0 Å². The van der Waals surface area contributed by atoms with Gasteiger partial charge in [-0.25, -0.2) is 4.68 Å². The first-order chi connectivity index (χ1) is 9.28. The van der Waals surface area contributed by atoms with Crippen LogP contribution in [0.15, 0.2) is 6.20 Å². The fraction of sp³-hybridized carbons (Fsp3) is 0.750. The van der Waals surface area contributed by atoms with Crippen LogP contribution in [-0.2, 0) is 22.6 Å². The first-order valence-electron chi connectivity index (χ1n) is 6.71. The summed E-state index contributed by atoms with van der Waals surface area (Å²) in [4.78, 5) is 11.6. The number of ether oxygens (including phenoxy) is 1. The Morgan fingerprint density at radius 2 is 2.42 bits per heavy atom. The first kappa shape index (κ1) is 14.0. The standard InChI is InChI=1S/C12H21N5O2/c13-6-11-7-17(16-15-11)8-12(18)14-4-1-5-19-9-10-2-3-10/h7,10H,1-6,8-9,13H2,(H,14,18). The molecular weight excluding hydrogens is 246 g/mol. The van der Waals surface area contributed by atoms with Crippen molar-refractivity contribution >= 4 is 5.91 Å². The highest BCUT2D eigenvalue weighted by Gasteiger charge is 2.20. The second kappa shape index (κ2) is 7.20. The summed E-state index contributed by atoms with van der Waals surface area (Å²) in [7, 11) is 0. The van der Waals surface area contributed by atoms with Gasteiger partial charge in [-0.05, 0) is 25.2 Å². The summed E-state index contributed by atoms with van der Waals surface area (Å²) in [6.07, 6.45) is 5.13. The number of nitrogens with zero attached hydrogens (tertiary/aromatic N) is 3. The summed E-state index contributed by atoms with van der Waals surface area (Å²) >= 11 is 0. The van der Waals surface area contributed by atoms with Crippen LogP contribution in [0.3, 0.4) is 0 Å². The quantitative estimate of drug-likeness (QED) is 0.597. The second-order valence-electron chi connectivity index (χ2n) is 4.83. The fourth-order valence-electron chi connectivity index (χ4n) is 1.65. The Balaban J connectivity index is 1.51. The number of carbonyl (C=O) groups excluding carboxylic acids is 1. The van der Waals surface area contributed by atoms with Gasteiger partial charge in [0.25, 0.3) is 0 Å². The van der Waals surface area contributed by atoms with Crippen LogP contribution in [0.1, 0.15) is 25.0 Å². The van der Waals surface area contributed by atoms with Crippen LogP contribution >= 0.6 is 0 Å². The van der Waals surface area contributed by atoms with Gasteiger partial charge in [-0.15, -0.1) is 5.10 Å². The van der Waals surface area contributed by atoms with E-state index in [2.05, 4.69) is 15.6 Å². The number of carbonyl (C=O) groups is 1. The molecule has 0 bridgehead atoms. The molecule has 2 rings (SSSR count). The number of rotatable bonds is 9. The molecule has 19 heavy (non-hydrogen) atoms. The molecule has 1 aromatic rings. The maximum Gasteiger partial charge on any atom is 0.241 e. The summed E-state index contributed by atoms with van der Waals surface area (Å²) < 4.78 is 6.97. The Morgan fingerprint density at radius 1 is 1.58 bits per heavy atom. The molecule has 1 aliphatic rings. The maximum atomic E-state index is 11.6. The number of hydrogen-bond acceptors (Lipinski definition) is 5. The van der Waals surface area contributed by atoms with E-state index in [0.29, 0.717) is 25.4 Å². The van der Waals surface area contributed by atoms with Crippen molar-refractivity contribution in [3.05, 3.63) is 11.9 Å². The topological polar surface area (TPSA) is 95.1 Å². The summed E-state index contributed by atoms with van der Waals surface area (Å²) in [5.41, 5.74) is 6.10. The minimum Gasteiger partial charge on any atom is -0.381 e. The Bertz CT molecular complexity index is 403. The highest BCUT2D eigenvalue weighted by atomic mass is 16.5. The van der Waals surface area contributed by atoms with E-state index in [0.717, 1.165) is 18.9 Å². The SMILES string of the molecule is NCc1cn(CC(=O)NCCCOCC2CC2)nn1. The van der Waals surface area contributed by atoms with Gasteiger partial charge in [0.2, 0.25) is 5.91 Å². The van der Waals surface area contributed by atoms with Crippen molar-refractivity contribution < 1.29 is 9.53 Å². The lowest BCUT2D eigenvalue weighted by Crippen LogP contribution is -2.29. The summed E-state index contributed by atoms with van der Waals surface area (Å²) in [5.74, 6) is 0.717. The largest absolute Gasteiger partial charge is 0.381 e. The molecule has 1 amide bonds. The van der Waals surface area contributed by atoms with Crippen LogP contribution in [0.5, 0.6) is 0 Å². The predicted octanol–water partition coefficient (Wildman–Crippen LogP) is -0.330. The fourth-order valence-corrected chi connectivity index (χ4v) is 1.65. The van der Waals surface area contributed by atoms with E-state index in [1.165, 1.54) is 17.5 Å². The van der Waals surface area contributed by atoms with Crippen molar-refractivity contribution in [3.63, 3.8) is 0 Å². The summed E-state index contributed by atoms with van der Waals surface area (Å²) in [6, 6.07) is 0. The Kier molecular flexibility index (Phi) is 5.29. The molecule has 1 heterocycles. The van der Waals surface area contributed by atoms with E-state index in [1.807, 2.05) is 0 Å². The van der Waals surface area contributed by atoms with Gasteiger partial charge in [0.1, 0.15) is 6.54 Å². The van der Waals surface area contributed by atoms with Crippen molar-refractivity contribution in [1.82, 2.24) is 20.3 Å². The second-order valence-corrected chi connectivity index (χ2v) is 4.83. The normalized spacial score (nSPS) is 14.6. The molecule has 0 aliphatic heterocycles. The number of hydrogen-bond donors (Lipinski definition) is 2.